The van der Waals surface area contributed by atoms with E-state index in [1.165, 1.54) is 17.7 Å². The molecular formula is C18H22N4O2. The van der Waals surface area contributed by atoms with Gasteiger partial charge in [0.2, 0.25) is 0 Å². The Bertz CT molecular complexity index is 775. The van der Waals surface area contributed by atoms with Crippen LogP contribution in [-0.4, -0.2) is 40.6 Å². The van der Waals surface area contributed by atoms with Gasteiger partial charge in [-0.25, -0.2) is 0 Å². The van der Waals surface area contributed by atoms with Crippen molar-refractivity contribution in [1.82, 2.24) is 14.7 Å². The molecule has 6 nitrogen and oxygen atoms in total. The fourth-order valence-corrected chi connectivity index (χ4v) is 2.49. The van der Waals surface area contributed by atoms with Gasteiger partial charge in [-0.05, 0) is 43.4 Å². The van der Waals surface area contributed by atoms with Gasteiger partial charge < -0.3 is 10.2 Å². The molecule has 1 aromatic heterocycles. The van der Waals surface area contributed by atoms with Crippen molar-refractivity contribution in [3.05, 3.63) is 47.3 Å². The van der Waals surface area contributed by atoms with Gasteiger partial charge in [0, 0.05) is 38.1 Å². The van der Waals surface area contributed by atoms with Crippen molar-refractivity contribution >= 4 is 17.5 Å². The largest absolute Gasteiger partial charge is 0.345 e. The molecule has 6 heteroatoms. The highest BCUT2D eigenvalue weighted by molar-refractivity contribution is 6.05. The molecule has 0 saturated heterocycles. The van der Waals surface area contributed by atoms with E-state index in [2.05, 4.69) is 10.4 Å². The maximum atomic E-state index is 12.4. The summed E-state index contributed by atoms with van der Waals surface area (Å²) in [6.45, 7) is 2.77. The van der Waals surface area contributed by atoms with Crippen LogP contribution in [0.5, 0.6) is 0 Å². The second-order valence-corrected chi connectivity index (χ2v) is 6.58. The van der Waals surface area contributed by atoms with Crippen molar-refractivity contribution < 1.29 is 9.59 Å². The summed E-state index contributed by atoms with van der Waals surface area (Å²) in [5, 5.41) is 7.13. The molecule has 0 atom stereocenters. The number of nitrogens with zero attached hydrogens (tertiary/aromatic N) is 3. The molecule has 126 valence electrons. The maximum Gasteiger partial charge on any atom is 0.258 e. The summed E-state index contributed by atoms with van der Waals surface area (Å²) in [7, 11) is 3.41. The molecule has 1 N–H and O–H groups in total. The fourth-order valence-electron chi connectivity index (χ4n) is 2.49. The molecule has 1 heterocycles. The number of benzene rings is 1. The quantitative estimate of drug-likeness (QED) is 0.918. The van der Waals surface area contributed by atoms with E-state index in [1.807, 2.05) is 17.7 Å². The van der Waals surface area contributed by atoms with Crippen LogP contribution in [0.15, 0.2) is 30.6 Å². The predicted octanol–water partition coefficient (Wildman–Crippen LogP) is 2.56. The lowest BCUT2D eigenvalue weighted by Gasteiger charge is -2.13. The van der Waals surface area contributed by atoms with Crippen LogP contribution >= 0.6 is 0 Å². The van der Waals surface area contributed by atoms with Gasteiger partial charge in [-0.3, -0.25) is 14.3 Å². The zero-order valence-electron chi connectivity index (χ0n) is 14.2. The number of hydrogen-bond acceptors (Lipinski definition) is 3. The Morgan fingerprint density at radius 2 is 2.04 bits per heavy atom. The summed E-state index contributed by atoms with van der Waals surface area (Å²) in [6.07, 6.45) is 5.85. The lowest BCUT2D eigenvalue weighted by Crippen LogP contribution is -2.22. The number of rotatable bonds is 5. The molecule has 0 bridgehead atoms. The number of aryl methyl sites for hydroxylation is 1. The van der Waals surface area contributed by atoms with E-state index in [9.17, 15) is 9.59 Å². The van der Waals surface area contributed by atoms with Crippen LogP contribution in [0.1, 0.15) is 39.1 Å². The van der Waals surface area contributed by atoms with Gasteiger partial charge in [-0.1, -0.05) is 6.07 Å². The molecule has 2 aromatic rings. The molecule has 24 heavy (non-hydrogen) atoms. The zero-order chi connectivity index (χ0) is 17.3. The number of hydrogen-bond donors (Lipinski definition) is 1. The van der Waals surface area contributed by atoms with E-state index < -0.39 is 0 Å². The highest BCUT2D eigenvalue weighted by Crippen LogP contribution is 2.30. The van der Waals surface area contributed by atoms with Crippen LogP contribution in [0.4, 0.5) is 5.69 Å². The SMILES string of the molecule is Cc1ccc(C(=O)N(C)C)cc1NC(=O)c1cnn(CC2CC2)c1. The van der Waals surface area contributed by atoms with E-state index in [1.54, 1.807) is 38.6 Å². The molecule has 1 aliphatic carbocycles. The Morgan fingerprint density at radius 3 is 2.71 bits per heavy atom. The summed E-state index contributed by atoms with van der Waals surface area (Å²) in [6, 6.07) is 5.31. The van der Waals surface area contributed by atoms with Crippen LogP contribution in [0.3, 0.4) is 0 Å². The van der Waals surface area contributed by atoms with Crippen molar-refractivity contribution in [2.24, 2.45) is 5.92 Å². The Balaban J connectivity index is 1.74. The van der Waals surface area contributed by atoms with E-state index in [-0.39, 0.29) is 11.8 Å². The maximum absolute atomic E-state index is 12.4. The van der Waals surface area contributed by atoms with Crippen molar-refractivity contribution in [1.29, 1.82) is 0 Å². The van der Waals surface area contributed by atoms with Gasteiger partial charge in [-0.2, -0.15) is 5.10 Å². The average Bonchev–Trinajstić information content (AvgIpc) is 3.23. The van der Waals surface area contributed by atoms with Crippen LogP contribution in [0.25, 0.3) is 0 Å². The Hall–Kier alpha value is -2.63. The molecule has 1 aromatic carbocycles. The third kappa shape index (κ3) is 3.64. The molecule has 3 rings (SSSR count). The van der Waals surface area contributed by atoms with E-state index in [0.29, 0.717) is 22.7 Å². The second-order valence-electron chi connectivity index (χ2n) is 6.58. The minimum atomic E-state index is -0.213. The van der Waals surface area contributed by atoms with Gasteiger partial charge in [0.25, 0.3) is 11.8 Å². The first kappa shape index (κ1) is 16.2. The van der Waals surface area contributed by atoms with E-state index in [4.69, 9.17) is 0 Å². The van der Waals surface area contributed by atoms with E-state index in [0.717, 1.165) is 12.1 Å². The van der Waals surface area contributed by atoms with Crippen LogP contribution in [-0.2, 0) is 6.54 Å². The Labute approximate surface area is 141 Å². The molecule has 2 amide bonds. The third-order valence-corrected chi connectivity index (χ3v) is 4.18. The summed E-state index contributed by atoms with van der Waals surface area (Å²) in [5.41, 5.74) is 2.62. The molecular weight excluding hydrogens is 304 g/mol. The van der Waals surface area contributed by atoms with Gasteiger partial charge in [0.1, 0.15) is 0 Å². The lowest BCUT2D eigenvalue weighted by atomic mass is 10.1. The third-order valence-electron chi connectivity index (χ3n) is 4.18. The number of anilines is 1. The zero-order valence-corrected chi connectivity index (χ0v) is 14.2. The molecule has 0 spiro atoms. The fraction of sp³-hybridized carbons (Fsp3) is 0.389. The van der Waals surface area contributed by atoms with Gasteiger partial charge in [-0.15, -0.1) is 0 Å². The highest BCUT2D eigenvalue weighted by Gasteiger charge is 2.22. The molecule has 1 aliphatic rings. The van der Waals surface area contributed by atoms with Crippen molar-refractivity contribution in [2.75, 3.05) is 19.4 Å². The van der Waals surface area contributed by atoms with Crippen LogP contribution < -0.4 is 5.32 Å². The Kier molecular flexibility index (Phi) is 4.38. The number of carbonyl (C=O) groups is 2. The monoisotopic (exact) mass is 326 g/mol. The highest BCUT2D eigenvalue weighted by atomic mass is 16.2. The number of carbonyl (C=O) groups excluding carboxylic acids is 2. The lowest BCUT2D eigenvalue weighted by molar-refractivity contribution is 0.0827. The van der Waals surface area contributed by atoms with Crippen LogP contribution in [0, 0.1) is 12.8 Å². The first-order valence-electron chi connectivity index (χ1n) is 8.10. The first-order chi connectivity index (χ1) is 11.4. The average molecular weight is 326 g/mol. The minimum absolute atomic E-state index is 0.0947. The predicted molar refractivity (Wildman–Crippen MR) is 92.1 cm³/mol. The number of nitrogens with one attached hydrogen (secondary N) is 1. The van der Waals surface area contributed by atoms with Crippen molar-refractivity contribution in [3.63, 3.8) is 0 Å². The molecule has 1 saturated carbocycles. The molecule has 0 radical (unpaired) electrons. The standard InChI is InChI=1S/C18H22N4O2/c1-12-4-7-14(18(24)21(2)3)8-16(12)20-17(23)15-9-19-22(11-15)10-13-5-6-13/h4,7-9,11,13H,5-6,10H2,1-3H3,(H,20,23). The molecule has 0 aliphatic heterocycles. The number of aromatic nitrogens is 2. The smallest absolute Gasteiger partial charge is 0.258 e. The summed E-state index contributed by atoms with van der Waals surface area (Å²) >= 11 is 0. The summed E-state index contributed by atoms with van der Waals surface area (Å²) in [4.78, 5) is 26.0. The first-order valence-corrected chi connectivity index (χ1v) is 8.10. The van der Waals surface area contributed by atoms with Gasteiger partial charge in [0.05, 0.1) is 11.8 Å². The summed E-state index contributed by atoms with van der Waals surface area (Å²) in [5.74, 6) is 0.397. The molecule has 1 fully saturated rings. The van der Waals surface area contributed by atoms with Gasteiger partial charge >= 0.3 is 0 Å². The second kappa shape index (κ2) is 6.47. The Morgan fingerprint density at radius 1 is 1.29 bits per heavy atom. The normalized spacial score (nSPS) is 13.6. The van der Waals surface area contributed by atoms with Crippen molar-refractivity contribution in [2.45, 2.75) is 26.3 Å². The van der Waals surface area contributed by atoms with Crippen molar-refractivity contribution in [3.8, 4) is 0 Å². The van der Waals surface area contributed by atoms with E-state index >= 15 is 0 Å². The van der Waals surface area contributed by atoms with Crippen LogP contribution in [0.2, 0.25) is 0 Å². The molecule has 0 unspecified atom stereocenters. The topological polar surface area (TPSA) is 67.2 Å². The minimum Gasteiger partial charge on any atom is -0.345 e. The van der Waals surface area contributed by atoms with Gasteiger partial charge in [0.15, 0.2) is 0 Å². The number of amides is 2. The summed E-state index contributed by atoms with van der Waals surface area (Å²) < 4.78 is 1.82.